The summed E-state index contributed by atoms with van der Waals surface area (Å²) in [5.41, 5.74) is 0. The van der Waals surface area contributed by atoms with Crippen LogP contribution in [-0.2, 0) is 31.3 Å². The fourth-order valence-electron chi connectivity index (χ4n) is 0. The molecule has 0 unspecified atom stereocenters. The summed E-state index contributed by atoms with van der Waals surface area (Å²) in [4.78, 5) is 17.9. The van der Waals surface area contributed by atoms with Crippen molar-refractivity contribution in [3.8, 4) is 0 Å². The van der Waals surface area contributed by atoms with Gasteiger partial charge in [0.15, 0.2) is 0 Å². The monoisotopic (exact) mass is 136 g/mol. The minimum atomic E-state index is -2.19. The van der Waals surface area contributed by atoms with Crippen molar-refractivity contribution in [3.63, 3.8) is 0 Å². The van der Waals surface area contributed by atoms with Gasteiger partial charge in [0.1, 0.15) is 0 Å². The summed E-state index contributed by atoms with van der Waals surface area (Å²) < 4.78 is 0. The van der Waals surface area contributed by atoms with Crippen LogP contribution >= 0.6 is 0 Å². The Bertz CT molecular complexity index is 75.7. The van der Waals surface area contributed by atoms with Gasteiger partial charge in [0.2, 0.25) is 0 Å². The Morgan fingerprint density at radius 3 is 1.14 bits per heavy atom. The molecule has 0 fully saturated rings. The maximum absolute atomic E-state index is 8.93. The van der Waals surface area contributed by atoms with E-state index in [0.717, 1.165) is 0 Å². The summed E-state index contributed by atoms with van der Waals surface area (Å²) in [5, 5.41) is 17.9. The molecule has 0 saturated carbocycles. The molecule has 0 amide bonds. The summed E-state index contributed by atoms with van der Waals surface area (Å²) in [6.45, 7) is 0. The van der Waals surface area contributed by atoms with E-state index in [1.54, 1.807) is 0 Å². The SMILES string of the molecule is O=C([O-])C(=O)[O-].[Ti+2]. The molecule has 0 aromatic rings. The number of hydrogen-bond donors (Lipinski definition) is 0. The zero-order chi connectivity index (χ0) is 5.15. The number of carbonyl (C=O) groups is 2. The van der Waals surface area contributed by atoms with Gasteiger partial charge in [-0.1, -0.05) is 0 Å². The molecule has 0 atom stereocenters. The minimum Gasteiger partial charge on any atom is -0.543 e. The van der Waals surface area contributed by atoms with Crippen LogP contribution in [0.3, 0.4) is 0 Å². The van der Waals surface area contributed by atoms with Crippen LogP contribution in [0, 0.1) is 0 Å². The van der Waals surface area contributed by atoms with Crippen molar-refractivity contribution in [2.24, 2.45) is 0 Å². The van der Waals surface area contributed by atoms with E-state index in [9.17, 15) is 0 Å². The Morgan fingerprint density at radius 2 is 1.14 bits per heavy atom. The summed E-state index contributed by atoms with van der Waals surface area (Å²) in [6.07, 6.45) is 0. The molecule has 0 aromatic heterocycles. The average molecular weight is 136 g/mol. The van der Waals surface area contributed by atoms with E-state index in [1.807, 2.05) is 0 Å². The van der Waals surface area contributed by atoms with Gasteiger partial charge in [-0.25, -0.2) is 0 Å². The minimum absolute atomic E-state index is 0. The topological polar surface area (TPSA) is 80.3 Å². The van der Waals surface area contributed by atoms with Crippen LogP contribution in [0.15, 0.2) is 0 Å². The van der Waals surface area contributed by atoms with Crippen molar-refractivity contribution in [2.75, 3.05) is 0 Å². The van der Waals surface area contributed by atoms with E-state index in [2.05, 4.69) is 0 Å². The van der Waals surface area contributed by atoms with Crippen molar-refractivity contribution in [1.29, 1.82) is 0 Å². The van der Waals surface area contributed by atoms with Crippen molar-refractivity contribution in [2.45, 2.75) is 0 Å². The third kappa shape index (κ3) is 5.65. The molecule has 0 aliphatic heterocycles. The first-order valence-corrected chi connectivity index (χ1v) is 1.07. The van der Waals surface area contributed by atoms with Gasteiger partial charge in [-0.3, -0.25) is 0 Å². The van der Waals surface area contributed by atoms with Crippen LogP contribution in [0.5, 0.6) is 0 Å². The van der Waals surface area contributed by atoms with Crippen LogP contribution in [-0.4, -0.2) is 11.9 Å². The van der Waals surface area contributed by atoms with Crippen LogP contribution in [0.25, 0.3) is 0 Å². The second kappa shape index (κ2) is 3.83. The molecule has 0 heterocycles. The van der Waals surface area contributed by atoms with E-state index in [1.165, 1.54) is 0 Å². The van der Waals surface area contributed by atoms with Crippen molar-refractivity contribution < 1.29 is 41.5 Å². The van der Waals surface area contributed by atoms with Crippen LogP contribution in [0.4, 0.5) is 0 Å². The number of rotatable bonds is 0. The Labute approximate surface area is 54.0 Å². The smallest absolute Gasteiger partial charge is 0.543 e. The number of carbonyl (C=O) groups excluding carboxylic acids is 2. The zero-order valence-electron chi connectivity index (χ0n) is 3.13. The van der Waals surface area contributed by atoms with Crippen molar-refractivity contribution >= 4 is 11.9 Å². The first-order valence-electron chi connectivity index (χ1n) is 1.07. The summed E-state index contributed by atoms with van der Waals surface area (Å²) >= 11 is 0. The van der Waals surface area contributed by atoms with E-state index in [4.69, 9.17) is 19.8 Å². The van der Waals surface area contributed by atoms with E-state index in [-0.39, 0.29) is 21.7 Å². The molecule has 7 heavy (non-hydrogen) atoms. The molecule has 0 bridgehead atoms. The Morgan fingerprint density at radius 1 is 1.00 bits per heavy atom. The van der Waals surface area contributed by atoms with Gasteiger partial charge in [0, 0.05) is 0 Å². The molecular weight excluding hydrogens is 136 g/mol. The molecule has 0 radical (unpaired) electrons. The number of aliphatic carboxylic acids is 2. The number of hydrogen-bond acceptors (Lipinski definition) is 4. The second-order valence-corrected chi connectivity index (χ2v) is 0.575. The Kier molecular flexibility index (Phi) is 5.38. The molecule has 4 nitrogen and oxygen atoms in total. The average Bonchev–Trinajstić information content (AvgIpc) is 1.36. The normalized spacial score (nSPS) is 6.29. The maximum Gasteiger partial charge on any atom is 2.00 e. The standard InChI is InChI=1S/C2H2O4.Ti/c3-1(4)2(5)6;/h(H,3,4)(H,5,6);/q;+2/p-2. The summed E-state index contributed by atoms with van der Waals surface area (Å²) in [7, 11) is 0. The predicted molar refractivity (Wildman–Crippen MR) is 10.0 cm³/mol. The first-order chi connectivity index (χ1) is 2.64. The third-order valence-corrected chi connectivity index (χ3v) is 0.167. The van der Waals surface area contributed by atoms with E-state index >= 15 is 0 Å². The molecule has 0 aliphatic carbocycles. The van der Waals surface area contributed by atoms with Crippen molar-refractivity contribution in [3.05, 3.63) is 0 Å². The third-order valence-electron chi connectivity index (χ3n) is 0.167. The van der Waals surface area contributed by atoms with E-state index in [0.29, 0.717) is 0 Å². The Balaban J connectivity index is 0. The fraction of sp³-hybridized carbons (Fsp3) is 0. The number of carboxylic acid groups (broad SMARTS) is 2. The largest absolute Gasteiger partial charge is 2.00 e. The fourth-order valence-corrected chi connectivity index (χ4v) is 0. The van der Waals surface area contributed by atoms with Gasteiger partial charge in [0.05, 0.1) is 11.9 Å². The van der Waals surface area contributed by atoms with Gasteiger partial charge >= 0.3 is 21.7 Å². The maximum atomic E-state index is 8.93. The molecule has 5 heteroatoms. The molecule has 0 saturated heterocycles. The molecule has 36 valence electrons. The van der Waals surface area contributed by atoms with Gasteiger partial charge in [-0.2, -0.15) is 0 Å². The second-order valence-electron chi connectivity index (χ2n) is 0.575. The Hall–Kier alpha value is -0.346. The van der Waals surface area contributed by atoms with Gasteiger partial charge in [-0.05, 0) is 0 Å². The molecule has 0 rings (SSSR count). The summed E-state index contributed by atoms with van der Waals surface area (Å²) in [6, 6.07) is 0. The van der Waals surface area contributed by atoms with Crippen LogP contribution in [0.1, 0.15) is 0 Å². The molecule has 0 N–H and O–H groups in total. The molecule has 0 spiro atoms. The van der Waals surface area contributed by atoms with Gasteiger partial charge < -0.3 is 19.8 Å². The van der Waals surface area contributed by atoms with Gasteiger partial charge in [0.25, 0.3) is 0 Å². The molecule has 0 aliphatic rings. The molecular formula is C2O4Ti. The van der Waals surface area contributed by atoms with E-state index < -0.39 is 11.9 Å². The summed E-state index contributed by atoms with van der Waals surface area (Å²) in [5.74, 6) is -4.37. The van der Waals surface area contributed by atoms with Gasteiger partial charge in [-0.15, -0.1) is 0 Å². The van der Waals surface area contributed by atoms with Crippen LogP contribution < -0.4 is 10.2 Å². The quantitative estimate of drug-likeness (QED) is 0.255. The van der Waals surface area contributed by atoms with Crippen molar-refractivity contribution in [1.82, 2.24) is 0 Å². The zero-order valence-corrected chi connectivity index (χ0v) is 4.69. The first kappa shape index (κ1) is 9.82. The molecule has 0 aromatic carbocycles. The predicted octanol–water partition coefficient (Wildman–Crippen LogP) is -3.52. The number of carboxylic acids is 2. The van der Waals surface area contributed by atoms with Crippen LogP contribution in [0.2, 0.25) is 0 Å².